The van der Waals surface area contributed by atoms with Gasteiger partial charge in [0.05, 0.1) is 5.69 Å². The van der Waals surface area contributed by atoms with Gasteiger partial charge < -0.3 is 10.2 Å². The molecule has 0 aromatic carbocycles. The Labute approximate surface area is 108 Å². The molecule has 1 heterocycles. The second-order valence-electron chi connectivity index (χ2n) is 4.94. The van der Waals surface area contributed by atoms with E-state index in [9.17, 15) is 0 Å². The van der Waals surface area contributed by atoms with Gasteiger partial charge in [0.15, 0.2) is 5.13 Å². The molecule has 3 nitrogen and oxygen atoms in total. The van der Waals surface area contributed by atoms with Gasteiger partial charge in [0.25, 0.3) is 0 Å². The van der Waals surface area contributed by atoms with Crippen molar-refractivity contribution in [3.8, 4) is 0 Å². The lowest BCUT2D eigenvalue weighted by Crippen LogP contribution is -2.30. The van der Waals surface area contributed by atoms with Crippen LogP contribution < -0.4 is 10.2 Å². The third-order valence-corrected chi connectivity index (χ3v) is 4.84. The molecule has 1 fully saturated rings. The van der Waals surface area contributed by atoms with Gasteiger partial charge in [-0.05, 0) is 39.2 Å². The average Bonchev–Trinajstić information content (AvgIpc) is 3.10. The van der Waals surface area contributed by atoms with Crippen LogP contribution in [0.25, 0.3) is 0 Å². The van der Waals surface area contributed by atoms with Crippen LogP contribution in [0.4, 0.5) is 5.13 Å². The maximum absolute atomic E-state index is 4.78. The smallest absolute Gasteiger partial charge is 0.185 e. The highest BCUT2D eigenvalue weighted by Crippen LogP contribution is 2.37. The summed E-state index contributed by atoms with van der Waals surface area (Å²) in [5, 5.41) is 4.41. The minimum absolute atomic E-state index is 0.633. The molecule has 1 saturated carbocycles. The van der Waals surface area contributed by atoms with E-state index in [1.807, 2.05) is 18.4 Å². The van der Waals surface area contributed by atoms with Crippen LogP contribution in [0.5, 0.6) is 0 Å². The Morgan fingerprint density at radius 3 is 2.76 bits per heavy atom. The van der Waals surface area contributed by atoms with Crippen LogP contribution in [0, 0.1) is 5.92 Å². The van der Waals surface area contributed by atoms with Gasteiger partial charge in [-0.3, -0.25) is 0 Å². The molecule has 96 valence electrons. The molecular formula is C13H23N3S. The summed E-state index contributed by atoms with van der Waals surface area (Å²) in [6.07, 6.45) is 3.81. The second kappa shape index (κ2) is 5.36. The summed E-state index contributed by atoms with van der Waals surface area (Å²) in [5.74, 6) is 0.890. The van der Waals surface area contributed by atoms with Gasteiger partial charge >= 0.3 is 0 Å². The van der Waals surface area contributed by atoms with Crippen molar-refractivity contribution in [2.24, 2.45) is 5.92 Å². The normalized spacial score (nSPS) is 17.2. The Kier molecular flexibility index (Phi) is 4.05. The minimum Gasteiger partial charge on any atom is -0.348 e. The van der Waals surface area contributed by atoms with E-state index in [1.165, 1.54) is 28.5 Å². The van der Waals surface area contributed by atoms with Crippen LogP contribution in [0.3, 0.4) is 0 Å². The predicted octanol–water partition coefficient (Wildman–Crippen LogP) is 2.66. The van der Waals surface area contributed by atoms with E-state index in [2.05, 4.69) is 31.1 Å². The zero-order chi connectivity index (χ0) is 12.4. The van der Waals surface area contributed by atoms with Crippen LogP contribution in [-0.4, -0.2) is 25.1 Å². The number of nitrogens with zero attached hydrogens (tertiary/aromatic N) is 2. The Bertz CT molecular complexity index is 371. The number of hydrogen-bond acceptors (Lipinski definition) is 4. The molecule has 1 aliphatic carbocycles. The highest BCUT2D eigenvalue weighted by molar-refractivity contribution is 7.15. The molecular weight excluding hydrogens is 230 g/mol. The average molecular weight is 253 g/mol. The van der Waals surface area contributed by atoms with Crippen molar-refractivity contribution < 1.29 is 0 Å². The zero-order valence-corrected chi connectivity index (χ0v) is 12.1. The molecule has 0 bridgehead atoms. The summed E-state index contributed by atoms with van der Waals surface area (Å²) >= 11 is 1.84. The monoisotopic (exact) mass is 253 g/mol. The number of hydrogen-bond donors (Lipinski definition) is 1. The standard InChI is InChI=1S/C13H23N3S/c1-5-11-12(8-14-3)17-13(15-11)16(4)9(2)10-6-7-10/h9-10,14H,5-8H2,1-4H3. The molecule has 17 heavy (non-hydrogen) atoms. The SMILES string of the molecule is CCc1nc(N(C)C(C)C2CC2)sc1CNC. The summed E-state index contributed by atoms with van der Waals surface area (Å²) in [6.45, 7) is 5.44. The van der Waals surface area contributed by atoms with Gasteiger partial charge in [-0.25, -0.2) is 4.98 Å². The summed E-state index contributed by atoms with van der Waals surface area (Å²) in [7, 11) is 4.18. The Hall–Kier alpha value is -0.610. The maximum atomic E-state index is 4.78. The van der Waals surface area contributed by atoms with Crippen molar-refractivity contribution >= 4 is 16.5 Å². The van der Waals surface area contributed by atoms with E-state index in [0.717, 1.165) is 18.9 Å². The second-order valence-corrected chi connectivity index (χ2v) is 6.00. The Morgan fingerprint density at radius 2 is 2.24 bits per heavy atom. The first-order valence-electron chi connectivity index (χ1n) is 6.53. The number of thiazole rings is 1. The van der Waals surface area contributed by atoms with Gasteiger partial charge in [0, 0.05) is 24.5 Å². The summed E-state index contributed by atoms with van der Waals surface area (Å²) in [6, 6.07) is 0.633. The van der Waals surface area contributed by atoms with E-state index in [0.29, 0.717) is 6.04 Å². The van der Waals surface area contributed by atoms with Crippen molar-refractivity contribution in [1.29, 1.82) is 0 Å². The van der Waals surface area contributed by atoms with E-state index in [4.69, 9.17) is 4.98 Å². The van der Waals surface area contributed by atoms with Crippen molar-refractivity contribution in [3.05, 3.63) is 10.6 Å². The molecule has 2 rings (SSSR count). The van der Waals surface area contributed by atoms with Gasteiger partial charge in [-0.15, -0.1) is 11.3 Å². The number of aryl methyl sites for hydroxylation is 1. The van der Waals surface area contributed by atoms with Gasteiger partial charge in [0.1, 0.15) is 0 Å². The fourth-order valence-electron chi connectivity index (χ4n) is 2.16. The Balaban J connectivity index is 2.13. The highest BCUT2D eigenvalue weighted by Gasteiger charge is 2.31. The van der Waals surface area contributed by atoms with Gasteiger partial charge in [-0.2, -0.15) is 0 Å². The summed E-state index contributed by atoms with van der Waals surface area (Å²) in [4.78, 5) is 8.53. The zero-order valence-electron chi connectivity index (χ0n) is 11.3. The van der Waals surface area contributed by atoms with Crippen LogP contribution in [0.1, 0.15) is 37.3 Å². The van der Waals surface area contributed by atoms with Crippen molar-refractivity contribution in [1.82, 2.24) is 10.3 Å². The van der Waals surface area contributed by atoms with Crippen LogP contribution >= 0.6 is 11.3 Å². The topological polar surface area (TPSA) is 28.2 Å². The largest absolute Gasteiger partial charge is 0.348 e. The van der Waals surface area contributed by atoms with E-state index in [1.54, 1.807) is 0 Å². The quantitative estimate of drug-likeness (QED) is 0.845. The first-order chi connectivity index (χ1) is 8.17. The molecule has 0 amide bonds. The van der Waals surface area contributed by atoms with Gasteiger partial charge in [-0.1, -0.05) is 6.92 Å². The molecule has 1 unspecified atom stereocenters. The molecule has 1 aromatic heterocycles. The molecule has 0 aliphatic heterocycles. The molecule has 1 aromatic rings. The van der Waals surface area contributed by atoms with E-state index < -0.39 is 0 Å². The lowest BCUT2D eigenvalue weighted by molar-refractivity contribution is 0.607. The molecule has 0 spiro atoms. The van der Waals surface area contributed by atoms with Crippen molar-refractivity contribution in [2.75, 3.05) is 19.0 Å². The lowest BCUT2D eigenvalue weighted by atomic mass is 10.2. The number of nitrogens with one attached hydrogen (secondary N) is 1. The third-order valence-electron chi connectivity index (χ3n) is 3.66. The van der Waals surface area contributed by atoms with Gasteiger partial charge in [0.2, 0.25) is 0 Å². The Morgan fingerprint density at radius 1 is 1.53 bits per heavy atom. The predicted molar refractivity (Wildman–Crippen MR) is 74.8 cm³/mol. The van der Waals surface area contributed by atoms with Crippen LogP contribution in [-0.2, 0) is 13.0 Å². The fourth-order valence-corrected chi connectivity index (χ4v) is 3.38. The molecule has 0 saturated heterocycles. The summed E-state index contributed by atoms with van der Waals surface area (Å²) in [5.41, 5.74) is 1.26. The molecule has 4 heteroatoms. The first-order valence-corrected chi connectivity index (χ1v) is 7.35. The van der Waals surface area contributed by atoms with Crippen LogP contribution in [0.15, 0.2) is 0 Å². The van der Waals surface area contributed by atoms with E-state index >= 15 is 0 Å². The van der Waals surface area contributed by atoms with Crippen molar-refractivity contribution in [2.45, 2.75) is 45.7 Å². The lowest BCUT2D eigenvalue weighted by Gasteiger charge is -2.23. The minimum atomic E-state index is 0.633. The van der Waals surface area contributed by atoms with E-state index in [-0.39, 0.29) is 0 Å². The number of rotatable bonds is 6. The maximum Gasteiger partial charge on any atom is 0.185 e. The fraction of sp³-hybridized carbons (Fsp3) is 0.769. The number of anilines is 1. The first kappa shape index (κ1) is 12.8. The summed E-state index contributed by atoms with van der Waals surface area (Å²) < 4.78 is 0. The number of aromatic nitrogens is 1. The van der Waals surface area contributed by atoms with Crippen LogP contribution in [0.2, 0.25) is 0 Å². The highest BCUT2D eigenvalue weighted by atomic mass is 32.1. The molecule has 0 radical (unpaired) electrons. The van der Waals surface area contributed by atoms with Crippen molar-refractivity contribution in [3.63, 3.8) is 0 Å². The molecule has 1 N–H and O–H groups in total. The molecule has 1 aliphatic rings. The molecule has 1 atom stereocenters. The third kappa shape index (κ3) is 2.80.